The smallest absolute Gasteiger partial charge is 0.225 e. The van der Waals surface area contributed by atoms with Crippen LogP contribution in [0.25, 0.3) is 10.2 Å². The van der Waals surface area contributed by atoms with Crippen LogP contribution in [0.4, 0.5) is 5.82 Å². The van der Waals surface area contributed by atoms with Crippen LogP contribution in [0.1, 0.15) is 29.2 Å². The summed E-state index contributed by atoms with van der Waals surface area (Å²) >= 11 is 10.3. The number of aromatic nitrogens is 2. The average Bonchev–Trinajstić information content (AvgIpc) is 2.98. The van der Waals surface area contributed by atoms with Crippen molar-refractivity contribution in [1.82, 2.24) is 9.97 Å². The molecule has 0 saturated heterocycles. The zero-order valence-corrected chi connectivity index (χ0v) is 17.7. The van der Waals surface area contributed by atoms with Gasteiger partial charge in [-0.2, -0.15) is 4.98 Å². The van der Waals surface area contributed by atoms with Crippen LogP contribution in [0.5, 0.6) is 0 Å². The van der Waals surface area contributed by atoms with Crippen molar-refractivity contribution < 1.29 is 0 Å². The number of nitrogens with zero attached hydrogens (tertiary/aromatic N) is 2. The summed E-state index contributed by atoms with van der Waals surface area (Å²) in [6, 6.07) is 10.4. The van der Waals surface area contributed by atoms with Crippen LogP contribution in [0.15, 0.2) is 42.5 Å². The molecule has 4 nitrogen and oxygen atoms in total. The van der Waals surface area contributed by atoms with E-state index in [9.17, 15) is 0 Å². The van der Waals surface area contributed by atoms with E-state index in [4.69, 9.17) is 17.3 Å². The third-order valence-corrected chi connectivity index (χ3v) is 7.54. The molecule has 0 aliphatic heterocycles. The molecule has 3 N–H and O–H groups in total. The molecule has 0 bridgehead atoms. The predicted molar refractivity (Wildman–Crippen MR) is 118 cm³/mol. The Morgan fingerprint density at radius 3 is 2.73 bits per heavy atom. The number of nitrogens with one attached hydrogen (secondary N) is 1. The molecule has 1 aromatic carbocycles. The second kappa shape index (κ2) is 7.80. The first-order valence-corrected chi connectivity index (χ1v) is 10.7. The van der Waals surface area contributed by atoms with Crippen LogP contribution >= 0.6 is 45.5 Å². The quantitative estimate of drug-likeness (QED) is 0.291. The molecule has 0 fully saturated rings. The lowest BCUT2D eigenvalue weighted by atomic mass is 9.88. The molecule has 1 aliphatic rings. The largest absolute Gasteiger partial charge is 0.365 e. The van der Waals surface area contributed by atoms with Gasteiger partial charge in [0.25, 0.3) is 0 Å². The van der Waals surface area contributed by atoms with Crippen LogP contribution in [-0.2, 0) is 6.54 Å². The molecule has 4 rings (SSSR count). The summed E-state index contributed by atoms with van der Waals surface area (Å²) in [6.45, 7) is 0.693. The van der Waals surface area contributed by atoms with Crippen LogP contribution in [0.3, 0.4) is 0 Å². The highest BCUT2D eigenvalue weighted by Crippen LogP contribution is 2.42. The van der Waals surface area contributed by atoms with Gasteiger partial charge in [0.1, 0.15) is 11.3 Å². The van der Waals surface area contributed by atoms with Crippen LogP contribution in [0.2, 0.25) is 5.28 Å². The predicted octanol–water partition coefficient (Wildman–Crippen LogP) is 5.32. The van der Waals surface area contributed by atoms with E-state index in [0.717, 1.165) is 32.4 Å². The van der Waals surface area contributed by atoms with E-state index in [0.29, 0.717) is 12.5 Å². The highest BCUT2D eigenvalue weighted by molar-refractivity contribution is 14.1. The van der Waals surface area contributed by atoms with Gasteiger partial charge in [-0.1, -0.05) is 42.5 Å². The summed E-state index contributed by atoms with van der Waals surface area (Å²) < 4.78 is 2.19. The van der Waals surface area contributed by atoms with Gasteiger partial charge in [0.15, 0.2) is 0 Å². The molecule has 2 aromatic heterocycles. The summed E-state index contributed by atoms with van der Waals surface area (Å²) in [5, 5.41) is 3.69. The zero-order valence-electron chi connectivity index (χ0n) is 14.0. The lowest BCUT2D eigenvalue weighted by Gasteiger charge is -2.24. The fourth-order valence-corrected chi connectivity index (χ4v) is 5.98. The van der Waals surface area contributed by atoms with Gasteiger partial charge >= 0.3 is 0 Å². The number of thiophene rings is 1. The van der Waals surface area contributed by atoms with Crippen molar-refractivity contribution in [3.05, 3.63) is 61.8 Å². The number of benzene rings is 1. The fourth-order valence-electron chi connectivity index (χ4n) is 3.22. The maximum atomic E-state index is 6.38. The Labute approximate surface area is 175 Å². The Morgan fingerprint density at radius 1 is 1.19 bits per heavy atom. The van der Waals surface area contributed by atoms with E-state index in [2.05, 4.69) is 62.2 Å². The van der Waals surface area contributed by atoms with Crippen LogP contribution in [0, 0.1) is 3.57 Å². The molecular weight excluding hydrogens is 479 g/mol. The summed E-state index contributed by atoms with van der Waals surface area (Å²) in [4.78, 5) is 10.2. The standard InChI is InChI=1S/C19H18ClIN4S/c20-19-24-15-14(21)16(12-8-4-5-9-13(12)22)26-17(15)18(25-19)23-10-11-6-2-1-3-7-11/h1-7,12-13H,8-10,22H2,(H,23,24,25)/t12-,13-/m1/s1. The first kappa shape index (κ1) is 18.2. The van der Waals surface area contributed by atoms with Crippen molar-refractivity contribution in [2.24, 2.45) is 5.73 Å². The number of rotatable bonds is 4. The minimum atomic E-state index is 0.144. The van der Waals surface area contributed by atoms with E-state index in [1.165, 1.54) is 10.4 Å². The number of nitrogens with two attached hydrogens (primary N) is 1. The van der Waals surface area contributed by atoms with Gasteiger partial charge < -0.3 is 11.1 Å². The van der Waals surface area contributed by atoms with Crippen molar-refractivity contribution in [1.29, 1.82) is 0 Å². The molecular formula is C19H18ClIN4S. The highest BCUT2D eigenvalue weighted by atomic mass is 127. The molecule has 26 heavy (non-hydrogen) atoms. The van der Waals surface area contributed by atoms with Gasteiger partial charge in [-0.3, -0.25) is 0 Å². The maximum Gasteiger partial charge on any atom is 0.225 e. The first-order chi connectivity index (χ1) is 12.6. The molecule has 2 heterocycles. The minimum absolute atomic E-state index is 0.144. The molecule has 0 spiro atoms. The number of allylic oxidation sites excluding steroid dienone is 1. The Bertz CT molecular complexity index is 957. The maximum absolute atomic E-state index is 6.38. The van der Waals surface area contributed by atoms with E-state index >= 15 is 0 Å². The van der Waals surface area contributed by atoms with Crippen molar-refractivity contribution >= 4 is 61.6 Å². The van der Waals surface area contributed by atoms with Crippen molar-refractivity contribution in [2.45, 2.75) is 31.3 Å². The molecule has 0 radical (unpaired) electrons. The number of anilines is 1. The first-order valence-electron chi connectivity index (χ1n) is 8.47. The Morgan fingerprint density at radius 2 is 1.96 bits per heavy atom. The Balaban J connectivity index is 1.72. The number of fused-ring (bicyclic) bond motifs is 1. The van der Waals surface area contributed by atoms with Gasteiger partial charge in [0.2, 0.25) is 5.28 Å². The Kier molecular flexibility index (Phi) is 5.45. The third-order valence-electron chi connectivity index (χ3n) is 4.60. The lowest BCUT2D eigenvalue weighted by Crippen LogP contribution is -2.29. The summed E-state index contributed by atoms with van der Waals surface area (Å²) in [5.41, 5.74) is 8.49. The molecule has 0 saturated carbocycles. The molecule has 7 heteroatoms. The van der Waals surface area contributed by atoms with E-state index in [-0.39, 0.29) is 11.3 Å². The van der Waals surface area contributed by atoms with E-state index in [1.807, 2.05) is 18.2 Å². The van der Waals surface area contributed by atoms with Gasteiger partial charge in [0, 0.05) is 23.4 Å². The van der Waals surface area contributed by atoms with Gasteiger partial charge in [-0.15, -0.1) is 11.3 Å². The number of hydrogen-bond acceptors (Lipinski definition) is 5. The summed E-state index contributed by atoms with van der Waals surface area (Å²) in [5.74, 6) is 1.12. The lowest BCUT2D eigenvalue weighted by molar-refractivity contribution is 0.527. The third kappa shape index (κ3) is 3.60. The second-order valence-corrected chi connectivity index (χ2v) is 8.82. The molecule has 3 aromatic rings. The minimum Gasteiger partial charge on any atom is -0.365 e. The van der Waals surface area contributed by atoms with Crippen molar-refractivity contribution in [3.8, 4) is 0 Å². The zero-order chi connectivity index (χ0) is 18.1. The average molecular weight is 497 g/mol. The van der Waals surface area contributed by atoms with Gasteiger partial charge in [-0.25, -0.2) is 4.98 Å². The summed E-state index contributed by atoms with van der Waals surface area (Å²) in [6.07, 6.45) is 6.28. The van der Waals surface area contributed by atoms with Crippen LogP contribution < -0.4 is 11.1 Å². The van der Waals surface area contributed by atoms with Gasteiger partial charge in [-0.05, 0) is 52.6 Å². The van der Waals surface area contributed by atoms with E-state index in [1.54, 1.807) is 11.3 Å². The van der Waals surface area contributed by atoms with Crippen LogP contribution in [-0.4, -0.2) is 16.0 Å². The summed E-state index contributed by atoms with van der Waals surface area (Å²) in [7, 11) is 0. The highest BCUT2D eigenvalue weighted by Gasteiger charge is 2.27. The topological polar surface area (TPSA) is 63.8 Å². The van der Waals surface area contributed by atoms with E-state index < -0.39 is 0 Å². The fraction of sp³-hybridized carbons (Fsp3) is 0.263. The van der Waals surface area contributed by atoms with Gasteiger partial charge in [0.05, 0.1) is 8.27 Å². The van der Waals surface area contributed by atoms with Crippen molar-refractivity contribution in [3.63, 3.8) is 0 Å². The molecule has 0 amide bonds. The molecule has 2 atom stereocenters. The Hall–Kier alpha value is -1.22. The second-order valence-electron chi connectivity index (χ2n) is 6.35. The monoisotopic (exact) mass is 496 g/mol. The molecule has 0 unspecified atom stereocenters. The SMILES string of the molecule is N[C@@H]1CC=CC[C@H]1c1sc2c(NCc3ccccc3)nc(Cl)nc2c1I. The molecule has 134 valence electrons. The molecule has 1 aliphatic carbocycles. The number of halogens is 2. The number of hydrogen-bond donors (Lipinski definition) is 2. The van der Waals surface area contributed by atoms with Crippen molar-refractivity contribution in [2.75, 3.05) is 5.32 Å². The normalized spacial score (nSPS) is 19.8.